The fourth-order valence-electron chi connectivity index (χ4n) is 2.10. The molecule has 1 aliphatic rings. The Morgan fingerprint density at radius 2 is 2.19 bits per heavy atom. The largest absolute Gasteiger partial charge is 0.328 e. The van der Waals surface area contributed by atoms with Gasteiger partial charge in [-0.25, -0.2) is 4.79 Å². The highest BCUT2D eigenvalue weighted by Gasteiger charge is 2.30. The molecule has 4 nitrogen and oxygen atoms in total. The van der Waals surface area contributed by atoms with Gasteiger partial charge in [0.1, 0.15) is 0 Å². The van der Waals surface area contributed by atoms with Gasteiger partial charge in [-0.3, -0.25) is 0 Å². The minimum Gasteiger partial charge on any atom is -0.328 e. The molecule has 16 heavy (non-hydrogen) atoms. The van der Waals surface area contributed by atoms with Crippen LogP contribution < -0.4 is 5.73 Å². The number of carbonyl (C=O) groups excluding carboxylic acids is 1. The molecule has 2 N–H and O–H groups in total. The van der Waals surface area contributed by atoms with Crippen molar-refractivity contribution in [1.82, 2.24) is 9.80 Å². The second-order valence-electron chi connectivity index (χ2n) is 4.41. The number of piperidine rings is 1. The normalized spacial score (nSPS) is 22.2. The van der Waals surface area contributed by atoms with Crippen LogP contribution in [-0.4, -0.2) is 48.1 Å². The van der Waals surface area contributed by atoms with Crippen LogP contribution in [0.2, 0.25) is 0 Å². The van der Waals surface area contributed by atoms with Crippen molar-refractivity contribution in [3.8, 4) is 0 Å². The van der Waals surface area contributed by atoms with E-state index in [4.69, 9.17) is 5.73 Å². The lowest BCUT2D eigenvalue weighted by atomic mass is 9.97. The molecule has 0 aromatic carbocycles. The zero-order valence-corrected chi connectivity index (χ0v) is 11.3. The van der Waals surface area contributed by atoms with Crippen LogP contribution in [0.4, 0.5) is 4.79 Å². The molecule has 0 radical (unpaired) electrons. The van der Waals surface area contributed by atoms with E-state index >= 15 is 0 Å². The van der Waals surface area contributed by atoms with Crippen LogP contribution in [0.15, 0.2) is 0 Å². The molecule has 2 unspecified atom stereocenters. The number of carbonyl (C=O) groups is 1. The van der Waals surface area contributed by atoms with Crippen molar-refractivity contribution in [2.45, 2.75) is 45.2 Å². The summed E-state index contributed by atoms with van der Waals surface area (Å²) in [4.78, 5) is 15.7. The molecule has 1 fully saturated rings. The van der Waals surface area contributed by atoms with Gasteiger partial charge in [-0.15, -0.1) is 12.4 Å². The zero-order valence-electron chi connectivity index (χ0n) is 10.5. The fraction of sp³-hybridized carbons (Fsp3) is 0.909. The second-order valence-corrected chi connectivity index (χ2v) is 4.41. The molecule has 1 heterocycles. The first kappa shape index (κ1) is 15.5. The predicted octanol–water partition coefficient (Wildman–Crippen LogP) is 1.68. The first-order valence-electron chi connectivity index (χ1n) is 5.85. The predicted molar refractivity (Wildman–Crippen MR) is 68.9 cm³/mol. The highest BCUT2D eigenvalue weighted by molar-refractivity contribution is 5.85. The van der Waals surface area contributed by atoms with E-state index in [9.17, 15) is 4.79 Å². The van der Waals surface area contributed by atoms with E-state index in [1.54, 1.807) is 4.90 Å². The minimum absolute atomic E-state index is 0. The van der Waals surface area contributed by atoms with Crippen LogP contribution in [0.3, 0.4) is 0 Å². The number of amides is 2. The quantitative estimate of drug-likeness (QED) is 0.810. The van der Waals surface area contributed by atoms with Crippen LogP contribution in [-0.2, 0) is 0 Å². The topological polar surface area (TPSA) is 49.6 Å². The maximum Gasteiger partial charge on any atom is 0.320 e. The summed E-state index contributed by atoms with van der Waals surface area (Å²) in [5.41, 5.74) is 5.92. The number of halogens is 1. The van der Waals surface area contributed by atoms with E-state index in [-0.39, 0.29) is 30.5 Å². The van der Waals surface area contributed by atoms with Crippen LogP contribution in [0.5, 0.6) is 0 Å². The molecule has 5 heteroatoms. The highest BCUT2D eigenvalue weighted by Crippen LogP contribution is 2.20. The van der Waals surface area contributed by atoms with Gasteiger partial charge in [0, 0.05) is 32.2 Å². The van der Waals surface area contributed by atoms with Crippen molar-refractivity contribution in [3.05, 3.63) is 0 Å². The van der Waals surface area contributed by atoms with E-state index in [1.165, 1.54) is 6.42 Å². The van der Waals surface area contributed by atoms with Crippen LogP contribution >= 0.6 is 12.4 Å². The number of nitrogens with two attached hydrogens (primary N) is 1. The molecule has 1 rings (SSSR count). The maximum atomic E-state index is 12.0. The van der Waals surface area contributed by atoms with Gasteiger partial charge in [0.25, 0.3) is 0 Å². The maximum absolute atomic E-state index is 12.0. The summed E-state index contributed by atoms with van der Waals surface area (Å²) < 4.78 is 0. The summed E-state index contributed by atoms with van der Waals surface area (Å²) >= 11 is 0. The molecular formula is C11H24ClN3O. The molecule has 1 saturated heterocycles. The number of rotatable bonds is 2. The Morgan fingerprint density at radius 1 is 1.56 bits per heavy atom. The Morgan fingerprint density at radius 3 is 2.69 bits per heavy atom. The van der Waals surface area contributed by atoms with E-state index in [0.717, 1.165) is 25.9 Å². The van der Waals surface area contributed by atoms with E-state index < -0.39 is 0 Å². The van der Waals surface area contributed by atoms with Crippen molar-refractivity contribution in [3.63, 3.8) is 0 Å². The molecule has 0 spiro atoms. The lowest BCUT2D eigenvalue weighted by Gasteiger charge is -2.39. The van der Waals surface area contributed by atoms with Crippen molar-refractivity contribution < 1.29 is 4.79 Å². The third-order valence-electron chi connectivity index (χ3n) is 3.20. The van der Waals surface area contributed by atoms with Gasteiger partial charge in [0.05, 0.1) is 0 Å². The number of urea groups is 1. The monoisotopic (exact) mass is 249 g/mol. The molecule has 2 atom stereocenters. The molecule has 0 aromatic rings. The smallest absolute Gasteiger partial charge is 0.320 e. The Balaban J connectivity index is 0.00000225. The highest BCUT2D eigenvalue weighted by atomic mass is 35.5. The second kappa shape index (κ2) is 6.97. The van der Waals surface area contributed by atoms with Crippen molar-refractivity contribution in [2.75, 3.05) is 20.1 Å². The first-order valence-corrected chi connectivity index (χ1v) is 5.85. The summed E-state index contributed by atoms with van der Waals surface area (Å²) in [6.45, 7) is 5.58. The number of likely N-dealkylation sites (tertiary alicyclic amines) is 1. The summed E-state index contributed by atoms with van der Waals surface area (Å²) in [5, 5.41) is 0. The lowest BCUT2D eigenvalue weighted by molar-refractivity contribution is 0.115. The molecule has 0 aromatic heterocycles. The van der Waals surface area contributed by atoms with Crippen molar-refractivity contribution in [2.24, 2.45) is 5.73 Å². The molecule has 0 aliphatic carbocycles. The average molecular weight is 250 g/mol. The number of nitrogens with zero attached hydrogens (tertiary/aromatic N) is 2. The average Bonchev–Trinajstić information content (AvgIpc) is 2.27. The third-order valence-corrected chi connectivity index (χ3v) is 3.20. The molecule has 0 bridgehead atoms. The van der Waals surface area contributed by atoms with Gasteiger partial charge in [0.15, 0.2) is 0 Å². The minimum atomic E-state index is 0. The zero-order chi connectivity index (χ0) is 11.4. The van der Waals surface area contributed by atoms with Gasteiger partial charge in [-0.1, -0.05) is 0 Å². The van der Waals surface area contributed by atoms with E-state index in [1.807, 2.05) is 25.8 Å². The SMILES string of the molecule is CCN(C)C(=O)N1CCCCC1C(C)N.Cl. The molecule has 1 aliphatic heterocycles. The summed E-state index contributed by atoms with van der Waals surface area (Å²) in [6, 6.07) is 0.416. The molecule has 2 amide bonds. The van der Waals surface area contributed by atoms with Gasteiger partial charge in [-0.05, 0) is 33.1 Å². The third kappa shape index (κ3) is 3.52. The standard InChI is InChI=1S/C11H23N3O.ClH/c1-4-13(3)11(15)14-8-6-5-7-10(14)9(2)12;/h9-10H,4-8,12H2,1-3H3;1H. The summed E-state index contributed by atoms with van der Waals surface area (Å²) in [6.07, 6.45) is 3.33. The van der Waals surface area contributed by atoms with Gasteiger partial charge >= 0.3 is 6.03 Å². The van der Waals surface area contributed by atoms with Crippen molar-refractivity contribution >= 4 is 18.4 Å². The first-order chi connectivity index (χ1) is 7.07. The molecule has 0 saturated carbocycles. The van der Waals surface area contributed by atoms with Crippen molar-refractivity contribution in [1.29, 1.82) is 0 Å². The van der Waals surface area contributed by atoms with Crippen LogP contribution in [0, 0.1) is 0 Å². The van der Waals surface area contributed by atoms with E-state index in [2.05, 4.69) is 0 Å². The fourth-order valence-corrected chi connectivity index (χ4v) is 2.10. The van der Waals surface area contributed by atoms with Crippen LogP contribution in [0.25, 0.3) is 0 Å². The summed E-state index contributed by atoms with van der Waals surface area (Å²) in [7, 11) is 1.84. The molecular weight excluding hydrogens is 226 g/mol. The van der Waals surface area contributed by atoms with Gasteiger partial charge < -0.3 is 15.5 Å². The summed E-state index contributed by atoms with van der Waals surface area (Å²) in [5.74, 6) is 0. The van der Waals surface area contributed by atoms with Gasteiger partial charge in [-0.2, -0.15) is 0 Å². The van der Waals surface area contributed by atoms with E-state index in [0.29, 0.717) is 0 Å². The Hall–Kier alpha value is -0.480. The number of hydrogen-bond acceptors (Lipinski definition) is 2. The van der Waals surface area contributed by atoms with Crippen LogP contribution in [0.1, 0.15) is 33.1 Å². The van der Waals surface area contributed by atoms with Gasteiger partial charge in [0.2, 0.25) is 0 Å². The Labute approximate surface area is 105 Å². The Bertz CT molecular complexity index is 223. The Kier molecular flexibility index (Phi) is 6.76. The number of hydrogen-bond donors (Lipinski definition) is 1. The lowest BCUT2D eigenvalue weighted by Crippen LogP contribution is -2.54. The molecule has 96 valence electrons.